The van der Waals surface area contributed by atoms with Gasteiger partial charge in [0, 0.05) is 65.1 Å². The number of benzene rings is 1. The molecule has 24 heteroatoms. The van der Waals surface area contributed by atoms with Gasteiger partial charge in [0.25, 0.3) is 5.91 Å². The van der Waals surface area contributed by atoms with Crippen LogP contribution < -0.4 is 26.7 Å². The van der Waals surface area contributed by atoms with Crippen LogP contribution in [0.4, 0.5) is 5.69 Å². The average Bonchev–Trinajstić information content (AvgIpc) is 3.07. The SMILES string of the molecule is CCC(C)C(C(CC(=O)N1CCCC1C(OC)C(C)C(=O)NC(C=CC(=O)NOCc1ccc(NC(=O)C(C)NC(=O)CCOCCOCCC(=O)N2CCC(C(=O)O)CC2)cc1)CC(C)C)OC)N(C)C(=O)C(NC(=O)C(C(C)C)N(C)C)C(C)C. The van der Waals surface area contributed by atoms with E-state index in [1.54, 1.807) is 73.0 Å². The summed E-state index contributed by atoms with van der Waals surface area (Å²) < 4.78 is 23.0. The monoisotopic (exact) mass is 1230 g/mol. The van der Waals surface area contributed by atoms with Gasteiger partial charge in [0.2, 0.25) is 41.4 Å². The summed E-state index contributed by atoms with van der Waals surface area (Å²) in [4.78, 5) is 131. The standard InChI is InChI=1S/C63H105N9O15/c1-16-42(8)57(70(13)62(80)55(40(4)5)67-61(79)56(41(6)7)69(11)12)50(83-14)37-54(76)72-29-17-18-49(72)58(84-15)43(9)59(77)66-48(36-39(2)3)23-24-52(74)68-87-38-45-19-21-47(22-20-45)65-60(78)44(10)64-51(73)27-32-85-34-35-86-33-28-53(75)71-30-25-46(26-31-71)63(81)82/h19-24,39-44,46,48-50,55-58H,16-18,25-38H2,1-15H3,(H,64,73)(H,65,78)(H,66,77)(H,67,79)(H,68,74)(H,81,82). The molecule has 492 valence electrons. The van der Waals surface area contributed by atoms with Gasteiger partial charge in [-0.05, 0) is 94.5 Å². The van der Waals surface area contributed by atoms with Crippen molar-refractivity contribution in [1.29, 1.82) is 0 Å². The van der Waals surface area contributed by atoms with E-state index < -0.39 is 78.1 Å². The number of amides is 8. The molecule has 87 heavy (non-hydrogen) atoms. The third-order valence-corrected chi connectivity index (χ3v) is 16.4. The highest BCUT2D eigenvalue weighted by Crippen LogP contribution is 2.30. The molecule has 2 aliphatic heterocycles. The Balaban J connectivity index is 1.48. The molecule has 1 aromatic carbocycles. The molecule has 0 aromatic heterocycles. The Kier molecular flexibility index (Phi) is 33.2. The van der Waals surface area contributed by atoms with Crippen LogP contribution in [0.25, 0.3) is 0 Å². The number of carbonyl (C=O) groups excluding carboxylic acids is 8. The minimum atomic E-state index is -0.845. The minimum absolute atomic E-state index is 0.00491. The maximum absolute atomic E-state index is 14.5. The molecular weight excluding hydrogens is 1120 g/mol. The van der Waals surface area contributed by atoms with Crippen molar-refractivity contribution in [1.82, 2.24) is 41.0 Å². The largest absolute Gasteiger partial charge is 0.481 e. The van der Waals surface area contributed by atoms with Crippen molar-refractivity contribution in [2.45, 2.75) is 182 Å². The normalized spacial score (nSPS) is 17.9. The molecule has 2 aliphatic rings. The van der Waals surface area contributed by atoms with E-state index in [1.807, 2.05) is 74.4 Å². The van der Waals surface area contributed by atoms with Crippen LogP contribution in [0, 0.1) is 35.5 Å². The zero-order chi connectivity index (χ0) is 65.1. The molecule has 1 aromatic rings. The third-order valence-electron chi connectivity index (χ3n) is 16.4. The van der Waals surface area contributed by atoms with E-state index in [-0.39, 0.29) is 111 Å². The molecule has 0 radical (unpaired) electrons. The predicted molar refractivity (Wildman–Crippen MR) is 329 cm³/mol. The Morgan fingerprint density at radius 3 is 1.92 bits per heavy atom. The summed E-state index contributed by atoms with van der Waals surface area (Å²) in [6.07, 6.45) is 5.17. The molecular formula is C63H105N9O15. The number of nitrogens with zero attached hydrogens (tertiary/aromatic N) is 4. The van der Waals surface area contributed by atoms with Crippen LogP contribution in [0.5, 0.6) is 0 Å². The van der Waals surface area contributed by atoms with Gasteiger partial charge in [-0.25, -0.2) is 5.48 Å². The van der Waals surface area contributed by atoms with Crippen LogP contribution in [-0.2, 0) is 73.5 Å². The number of nitrogens with one attached hydrogen (secondary N) is 5. The molecule has 8 amide bonds. The number of hydrogen-bond donors (Lipinski definition) is 6. The summed E-state index contributed by atoms with van der Waals surface area (Å²) in [7, 11) is 8.47. The lowest BCUT2D eigenvalue weighted by atomic mass is 9.89. The van der Waals surface area contributed by atoms with E-state index >= 15 is 0 Å². The second-order valence-corrected chi connectivity index (χ2v) is 24.5. The topological polar surface area (TPSA) is 293 Å². The molecule has 0 bridgehead atoms. The van der Waals surface area contributed by atoms with Crippen molar-refractivity contribution in [3.05, 3.63) is 42.0 Å². The second kappa shape index (κ2) is 38.4. The first-order valence-electron chi connectivity index (χ1n) is 31.0. The number of carbonyl (C=O) groups is 9. The van der Waals surface area contributed by atoms with E-state index in [4.69, 9.17) is 28.9 Å². The van der Waals surface area contributed by atoms with Gasteiger partial charge in [-0.15, -0.1) is 0 Å². The van der Waals surface area contributed by atoms with Crippen LogP contribution in [0.1, 0.15) is 133 Å². The van der Waals surface area contributed by atoms with Crippen LogP contribution >= 0.6 is 0 Å². The van der Waals surface area contributed by atoms with E-state index in [9.17, 15) is 43.2 Å². The number of carboxylic acid groups (broad SMARTS) is 1. The lowest BCUT2D eigenvalue weighted by Crippen LogP contribution is -2.59. The summed E-state index contributed by atoms with van der Waals surface area (Å²) in [5.74, 6) is -4.49. The number of rotatable bonds is 38. The fraction of sp³-hybridized carbons (Fsp3) is 0.730. The van der Waals surface area contributed by atoms with Gasteiger partial charge in [-0.2, -0.15) is 0 Å². The summed E-state index contributed by atoms with van der Waals surface area (Å²) >= 11 is 0. The molecule has 6 N–H and O–H groups in total. The van der Waals surface area contributed by atoms with Crippen molar-refractivity contribution < 1.29 is 72.0 Å². The number of hydroxylamine groups is 1. The van der Waals surface area contributed by atoms with Gasteiger partial charge >= 0.3 is 5.97 Å². The fourth-order valence-electron chi connectivity index (χ4n) is 11.3. The summed E-state index contributed by atoms with van der Waals surface area (Å²) in [5, 5.41) is 20.7. The van der Waals surface area contributed by atoms with Crippen LogP contribution in [-0.4, -0.2) is 208 Å². The first-order valence-corrected chi connectivity index (χ1v) is 31.0. The number of ether oxygens (including phenoxy) is 4. The lowest BCUT2D eigenvalue weighted by molar-refractivity contribution is -0.148. The fourth-order valence-corrected chi connectivity index (χ4v) is 11.3. The molecule has 0 spiro atoms. The number of piperidine rings is 1. The van der Waals surface area contributed by atoms with Crippen molar-refractivity contribution in [3.8, 4) is 0 Å². The summed E-state index contributed by atoms with van der Waals surface area (Å²) in [6, 6.07) is 3.21. The van der Waals surface area contributed by atoms with Crippen molar-refractivity contribution >= 4 is 58.9 Å². The highest BCUT2D eigenvalue weighted by molar-refractivity contribution is 5.97. The zero-order valence-electron chi connectivity index (χ0n) is 54.5. The van der Waals surface area contributed by atoms with Crippen LogP contribution in [0.15, 0.2) is 36.4 Å². The minimum Gasteiger partial charge on any atom is -0.481 e. The van der Waals surface area contributed by atoms with Crippen molar-refractivity contribution in [2.24, 2.45) is 35.5 Å². The number of anilines is 1. The number of likely N-dealkylation sites (N-methyl/N-ethyl adjacent to an activating group) is 2. The predicted octanol–water partition coefficient (Wildman–Crippen LogP) is 4.55. The Bertz CT molecular complexity index is 2370. The maximum Gasteiger partial charge on any atom is 0.306 e. The molecule has 2 saturated heterocycles. The number of methoxy groups -OCH3 is 2. The van der Waals surface area contributed by atoms with E-state index in [0.29, 0.717) is 69.4 Å². The molecule has 2 heterocycles. The Morgan fingerprint density at radius 2 is 1.37 bits per heavy atom. The molecule has 3 rings (SSSR count). The molecule has 0 saturated carbocycles. The maximum atomic E-state index is 14.5. The first-order chi connectivity index (χ1) is 41.1. The molecule has 24 nitrogen and oxygen atoms in total. The highest BCUT2D eigenvalue weighted by Gasteiger charge is 2.43. The van der Waals surface area contributed by atoms with E-state index in [2.05, 4.69) is 26.7 Å². The van der Waals surface area contributed by atoms with Crippen molar-refractivity contribution in [3.63, 3.8) is 0 Å². The zero-order valence-corrected chi connectivity index (χ0v) is 54.5. The van der Waals surface area contributed by atoms with Gasteiger partial charge in [0.1, 0.15) is 12.1 Å². The smallest absolute Gasteiger partial charge is 0.306 e. The van der Waals surface area contributed by atoms with Gasteiger partial charge < -0.3 is 60.0 Å². The average molecular weight is 1230 g/mol. The van der Waals surface area contributed by atoms with E-state index in [1.165, 1.54) is 13.2 Å². The Labute approximate surface area is 516 Å². The highest BCUT2D eigenvalue weighted by atomic mass is 16.6. The van der Waals surface area contributed by atoms with Crippen LogP contribution in [0.3, 0.4) is 0 Å². The van der Waals surface area contributed by atoms with Gasteiger partial charge in [0.05, 0.1) is 88.0 Å². The van der Waals surface area contributed by atoms with E-state index in [0.717, 1.165) is 0 Å². The Hall–Kier alpha value is -6.05. The van der Waals surface area contributed by atoms with Gasteiger partial charge in [-0.1, -0.05) is 86.9 Å². The molecule has 0 aliphatic carbocycles. The quantitative estimate of drug-likeness (QED) is 0.0301. The molecule has 10 unspecified atom stereocenters. The lowest BCUT2D eigenvalue weighted by Gasteiger charge is -2.41. The van der Waals surface area contributed by atoms with Gasteiger partial charge in [0.15, 0.2) is 0 Å². The Morgan fingerprint density at radius 1 is 0.736 bits per heavy atom. The second-order valence-electron chi connectivity index (χ2n) is 24.5. The number of likely N-dealkylation sites (tertiary alicyclic amines) is 2. The number of carboxylic acids is 1. The summed E-state index contributed by atoms with van der Waals surface area (Å²) in [6.45, 7) is 21.2. The van der Waals surface area contributed by atoms with Crippen LogP contribution in [0.2, 0.25) is 0 Å². The summed E-state index contributed by atoms with van der Waals surface area (Å²) in [5.41, 5.74) is 3.57. The number of hydrogen-bond acceptors (Lipinski definition) is 15. The third kappa shape index (κ3) is 24.8. The molecule has 2 fully saturated rings. The first kappa shape index (κ1) is 75.2. The van der Waals surface area contributed by atoms with Gasteiger partial charge in [-0.3, -0.25) is 52.9 Å². The molecule has 10 atom stereocenters. The van der Waals surface area contributed by atoms with Crippen molar-refractivity contribution in [2.75, 3.05) is 86.7 Å². The number of aliphatic carboxylic acids is 1.